The topological polar surface area (TPSA) is 45.9 Å². The number of rotatable bonds is 3. The van der Waals surface area contributed by atoms with Crippen LogP contribution >= 0.6 is 34.5 Å². The SMILES string of the molecule is COCc1nc(-c2c(Cl)cccc2Cl)sc1C#N. The average Bonchev–Trinajstić information content (AvgIpc) is 2.72. The molecule has 1 aromatic carbocycles. The molecule has 0 bridgehead atoms. The molecular weight excluding hydrogens is 291 g/mol. The molecule has 0 aliphatic rings. The maximum atomic E-state index is 9.04. The lowest BCUT2D eigenvalue weighted by Crippen LogP contribution is -1.90. The first-order valence-electron chi connectivity index (χ1n) is 5.00. The number of halogens is 2. The number of thiazole rings is 1. The molecule has 0 amide bonds. The van der Waals surface area contributed by atoms with Gasteiger partial charge in [0.25, 0.3) is 0 Å². The summed E-state index contributed by atoms with van der Waals surface area (Å²) in [6.45, 7) is 0.293. The predicted molar refractivity (Wildman–Crippen MR) is 73.0 cm³/mol. The molecule has 0 aliphatic carbocycles. The van der Waals surface area contributed by atoms with Crippen LogP contribution in [-0.2, 0) is 11.3 Å². The number of ether oxygens (including phenoxy) is 1. The molecule has 0 radical (unpaired) electrons. The lowest BCUT2D eigenvalue weighted by Gasteiger charge is -2.02. The normalized spacial score (nSPS) is 10.3. The van der Waals surface area contributed by atoms with Gasteiger partial charge in [0.15, 0.2) is 0 Å². The summed E-state index contributed by atoms with van der Waals surface area (Å²) >= 11 is 13.5. The van der Waals surface area contributed by atoms with Crippen molar-refractivity contribution in [3.63, 3.8) is 0 Å². The highest BCUT2D eigenvalue weighted by Crippen LogP contribution is 2.37. The summed E-state index contributed by atoms with van der Waals surface area (Å²) in [4.78, 5) is 4.88. The Bertz CT molecular complexity index is 599. The van der Waals surface area contributed by atoms with Gasteiger partial charge in [0.1, 0.15) is 16.0 Å². The number of hydrogen-bond donors (Lipinski definition) is 0. The number of benzene rings is 1. The Morgan fingerprint density at radius 2 is 2.06 bits per heavy atom. The summed E-state index contributed by atoms with van der Waals surface area (Å²) in [6.07, 6.45) is 0. The molecule has 18 heavy (non-hydrogen) atoms. The largest absolute Gasteiger partial charge is 0.378 e. The monoisotopic (exact) mass is 298 g/mol. The highest BCUT2D eigenvalue weighted by molar-refractivity contribution is 7.15. The van der Waals surface area contributed by atoms with E-state index in [2.05, 4.69) is 11.1 Å². The molecule has 3 nitrogen and oxygen atoms in total. The van der Waals surface area contributed by atoms with Gasteiger partial charge in [0.2, 0.25) is 0 Å². The molecular formula is C12H8Cl2N2OS. The summed E-state index contributed by atoms with van der Waals surface area (Å²) < 4.78 is 5.01. The Morgan fingerprint density at radius 1 is 1.39 bits per heavy atom. The minimum Gasteiger partial charge on any atom is -0.378 e. The molecule has 92 valence electrons. The van der Waals surface area contributed by atoms with Gasteiger partial charge in [0, 0.05) is 12.7 Å². The van der Waals surface area contributed by atoms with E-state index in [0.717, 1.165) is 0 Å². The maximum Gasteiger partial charge on any atom is 0.130 e. The highest BCUT2D eigenvalue weighted by atomic mass is 35.5. The predicted octanol–water partition coefficient (Wildman–Crippen LogP) is 4.13. The number of methoxy groups -OCH3 is 1. The fourth-order valence-corrected chi connectivity index (χ4v) is 3.11. The molecule has 1 heterocycles. The number of nitrogens with zero attached hydrogens (tertiary/aromatic N) is 2. The van der Waals surface area contributed by atoms with Crippen molar-refractivity contribution in [3.05, 3.63) is 38.8 Å². The molecule has 6 heteroatoms. The molecule has 0 fully saturated rings. The van der Waals surface area contributed by atoms with Gasteiger partial charge in [0.05, 0.1) is 22.3 Å². The second-order valence-corrected chi connectivity index (χ2v) is 5.25. The summed E-state index contributed by atoms with van der Waals surface area (Å²) in [7, 11) is 1.56. The molecule has 2 rings (SSSR count). The summed E-state index contributed by atoms with van der Waals surface area (Å²) in [6, 6.07) is 7.35. The van der Waals surface area contributed by atoms with Crippen molar-refractivity contribution in [1.29, 1.82) is 5.26 Å². The zero-order chi connectivity index (χ0) is 13.1. The Kier molecular flexibility index (Phi) is 4.20. The minimum absolute atomic E-state index is 0.293. The van der Waals surface area contributed by atoms with Gasteiger partial charge in [-0.25, -0.2) is 4.98 Å². The number of hydrogen-bond acceptors (Lipinski definition) is 4. The molecule has 1 aromatic heterocycles. The standard InChI is InChI=1S/C12H8Cl2N2OS/c1-17-6-9-10(5-15)18-12(16-9)11-7(13)3-2-4-8(11)14/h2-4H,6H2,1H3. The van der Waals surface area contributed by atoms with Crippen LogP contribution in [0, 0.1) is 11.3 Å². The smallest absolute Gasteiger partial charge is 0.130 e. The third kappa shape index (κ3) is 2.50. The van der Waals surface area contributed by atoms with Crippen LogP contribution in [0.4, 0.5) is 0 Å². The van der Waals surface area contributed by atoms with E-state index in [9.17, 15) is 0 Å². The van der Waals surface area contributed by atoms with Crippen LogP contribution < -0.4 is 0 Å². The zero-order valence-corrected chi connectivity index (χ0v) is 11.7. The molecule has 0 saturated carbocycles. The van der Waals surface area contributed by atoms with Crippen LogP contribution in [0.25, 0.3) is 10.6 Å². The number of nitriles is 1. The van der Waals surface area contributed by atoms with Crippen LogP contribution in [0.2, 0.25) is 10.0 Å². The second kappa shape index (κ2) is 5.68. The van der Waals surface area contributed by atoms with E-state index >= 15 is 0 Å². The summed E-state index contributed by atoms with van der Waals surface area (Å²) in [5.74, 6) is 0. The van der Waals surface area contributed by atoms with Crippen molar-refractivity contribution in [2.24, 2.45) is 0 Å². The van der Waals surface area contributed by atoms with Crippen LogP contribution in [0.5, 0.6) is 0 Å². The van der Waals surface area contributed by atoms with E-state index in [1.807, 2.05) is 0 Å². The van der Waals surface area contributed by atoms with E-state index in [0.29, 0.717) is 37.8 Å². The Hall–Kier alpha value is -1.12. The second-order valence-electron chi connectivity index (χ2n) is 3.44. The third-order valence-electron chi connectivity index (χ3n) is 2.26. The maximum absolute atomic E-state index is 9.04. The Morgan fingerprint density at radius 3 is 2.61 bits per heavy atom. The van der Waals surface area contributed by atoms with Crippen molar-refractivity contribution in [2.75, 3.05) is 7.11 Å². The van der Waals surface area contributed by atoms with Crippen molar-refractivity contribution in [3.8, 4) is 16.6 Å². The molecule has 0 saturated heterocycles. The fourth-order valence-electron chi connectivity index (χ4n) is 1.48. The van der Waals surface area contributed by atoms with Gasteiger partial charge in [-0.2, -0.15) is 5.26 Å². The molecule has 0 N–H and O–H groups in total. The van der Waals surface area contributed by atoms with Gasteiger partial charge < -0.3 is 4.74 Å². The van der Waals surface area contributed by atoms with E-state index < -0.39 is 0 Å². The van der Waals surface area contributed by atoms with Crippen LogP contribution in [-0.4, -0.2) is 12.1 Å². The Balaban J connectivity index is 2.55. The van der Waals surface area contributed by atoms with Crippen molar-refractivity contribution < 1.29 is 4.74 Å². The lowest BCUT2D eigenvalue weighted by atomic mass is 10.2. The molecule has 2 aromatic rings. The van der Waals surface area contributed by atoms with E-state index in [1.165, 1.54) is 11.3 Å². The number of aromatic nitrogens is 1. The quantitative estimate of drug-likeness (QED) is 0.856. The van der Waals surface area contributed by atoms with Gasteiger partial charge in [-0.1, -0.05) is 29.3 Å². The van der Waals surface area contributed by atoms with Crippen LogP contribution in [0.15, 0.2) is 18.2 Å². The van der Waals surface area contributed by atoms with E-state index in [-0.39, 0.29) is 0 Å². The fraction of sp³-hybridized carbons (Fsp3) is 0.167. The Labute approximate surface area is 119 Å². The van der Waals surface area contributed by atoms with Crippen LogP contribution in [0.1, 0.15) is 10.6 Å². The van der Waals surface area contributed by atoms with Gasteiger partial charge in [-0.15, -0.1) is 11.3 Å². The van der Waals surface area contributed by atoms with Gasteiger partial charge in [-0.3, -0.25) is 0 Å². The molecule has 0 spiro atoms. The average molecular weight is 299 g/mol. The first kappa shape index (κ1) is 13.3. The minimum atomic E-state index is 0.293. The molecule has 0 aliphatic heterocycles. The highest BCUT2D eigenvalue weighted by Gasteiger charge is 2.16. The van der Waals surface area contributed by atoms with Crippen molar-refractivity contribution in [2.45, 2.75) is 6.61 Å². The zero-order valence-electron chi connectivity index (χ0n) is 9.41. The van der Waals surface area contributed by atoms with Crippen LogP contribution in [0.3, 0.4) is 0 Å². The van der Waals surface area contributed by atoms with Crippen molar-refractivity contribution in [1.82, 2.24) is 4.98 Å². The summed E-state index contributed by atoms with van der Waals surface area (Å²) in [5, 5.41) is 10.7. The first-order valence-corrected chi connectivity index (χ1v) is 6.57. The van der Waals surface area contributed by atoms with Gasteiger partial charge in [-0.05, 0) is 12.1 Å². The van der Waals surface area contributed by atoms with E-state index in [4.69, 9.17) is 33.2 Å². The van der Waals surface area contributed by atoms with Crippen molar-refractivity contribution >= 4 is 34.5 Å². The molecule has 0 atom stereocenters. The molecule has 0 unspecified atom stereocenters. The van der Waals surface area contributed by atoms with E-state index in [1.54, 1.807) is 25.3 Å². The summed E-state index contributed by atoms with van der Waals surface area (Å²) in [5.41, 5.74) is 1.26. The third-order valence-corrected chi connectivity index (χ3v) is 3.91. The van der Waals surface area contributed by atoms with Gasteiger partial charge >= 0.3 is 0 Å². The first-order chi connectivity index (χ1) is 8.67. The lowest BCUT2D eigenvalue weighted by molar-refractivity contribution is 0.182.